The maximum atomic E-state index is 10.8. The predicted octanol–water partition coefficient (Wildman–Crippen LogP) is -0.730. The highest BCUT2D eigenvalue weighted by Crippen LogP contribution is 2.58. The third-order valence-corrected chi connectivity index (χ3v) is 3.31. The van der Waals surface area contributed by atoms with Crippen LogP contribution in [0.4, 0.5) is 0 Å². The molecule has 0 heterocycles. The van der Waals surface area contributed by atoms with Crippen LogP contribution in [-0.4, -0.2) is 32.6 Å². The largest absolute Gasteiger partial charge is 0.483 e. The molecule has 6 N–H and O–H groups in total. The number of aliphatic hydroxyl groups excluding tert-OH is 1. The molecule has 0 fully saturated rings. The van der Waals surface area contributed by atoms with Gasteiger partial charge in [0.25, 0.3) is 0 Å². The van der Waals surface area contributed by atoms with Crippen molar-refractivity contribution in [1.29, 1.82) is 0 Å². The molecule has 0 amide bonds. The zero-order valence-electron chi connectivity index (χ0n) is 7.59. The van der Waals surface area contributed by atoms with Gasteiger partial charge < -0.3 is 25.5 Å². The number of rotatable bonds is 7. The summed E-state index contributed by atoms with van der Waals surface area (Å²) in [5, 5.41) is 8.97. The second-order valence-corrected chi connectivity index (χ2v) is 5.31. The van der Waals surface area contributed by atoms with E-state index in [-0.39, 0.29) is 13.0 Å². The molecule has 11 heteroatoms. The van der Waals surface area contributed by atoms with E-state index >= 15 is 0 Å². The molecule has 2 unspecified atom stereocenters. The minimum atomic E-state index is -5.14. The summed E-state index contributed by atoms with van der Waals surface area (Å²) in [5.74, 6) is 0. The smallest absolute Gasteiger partial charge is 0.367 e. The Labute approximate surface area is 85.7 Å². The normalized spacial score (nSPS) is 18.5. The molecule has 0 rings (SSSR count). The first kappa shape index (κ1) is 15.2. The van der Waals surface area contributed by atoms with E-state index in [4.69, 9.17) is 25.5 Å². The topological polar surface area (TPSA) is 160 Å². The Balaban J connectivity index is 4.14. The Morgan fingerprint density at radius 3 is 2.20 bits per heavy atom. The second kappa shape index (κ2) is 6.05. The molecule has 9 nitrogen and oxygen atoms in total. The third-order valence-electron chi connectivity index (χ3n) is 1.12. The van der Waals surface area contributed by atoms with E-state index in [9.17, 15) is 9.13 Å². The van der Waals surface area contributed by atoms with Gasteiger partial charge in [0.05, 0.1) is 0 Å². The maximum absolute atomic E-state index is 10.8. The molecule has 0 saturated carbocycles. The number of nitrogens with two attached hydrogens (primary N) is 1. The lowest BCUT2D eigenvalue weighted by Crippen LogP contribution is -2.13. The first-order valence-corrected chi connectivity index (χ1v) is 6.85. The fourth-order valence-electron chi connectivity index (χ4n) is 0.653. The summed E-state index contributed by atoms with van der Waals surface area (Å²) in [5.41, 5.74) is 5.09. The monoisotopic (exact) mass is 265 g/mol. The lowest BCUT2D eigenvalue weighted by Gasteiger charge is -2.16. The van der Waals surface area contributed by atoms with E-state index in [2.05, 4.69) is 8.83 Å². The molecule has 0 saturated heterocycles. The molecule has 92 valence electrons. The second-order valence-electron chi connectivity index (χ2n) is 2.53. The van der Waals surface area contributed by atoms with Crippen LogP contribution in [-0.2, 0) is 18.0 Å². The predicted molar refractivity (Wildman–Crippen MR) is 48.3 cm³/mol. The summed E-state index contributed by atoms with van der Waals surface area (Å²) in [7, 11) is -10.1. The van der Waals surface area contributed by atoms with Crippen LogP contribution in [0.2, 0.25) is 0 Å². The zero-order chi connectivity index (χ0) is 12.1. The zero-order valence-corrected chi connectivity index (χ0v) is 9.38. The lowest BCUT2D eigenvalue weighted by molar-refractivity contribution is -0.0415. The Hall–Kier alpha value is 0.180. The van der Waals surface area contributed by atoms with Crippen LogP contribution < -0.4 is 5.73 Å². The van der Waals surface area contributed by atoms with Crippen molar-refractivity contribution in [2.24, 2.45) is 5.73 Å². The number of hydrogen-bond donors (Lipinski definition) is 5. The molecule has 0 aromatic carbocycles. The molecular formula is C4H13NO8P2. The fourth-order valence-corrected chi connectivity index (χ4v) is 2.29. The van der Waals surface area contributed by atoms with Crippen LogP contribution in [0.25, 0.3) is 0 Å². The number of phosphoric ester groups is 1. The third kappa shape index (κ3) is 9.13. The van der Waals surface area contributed by atoms with Crippen molar-refractivity contribution >= 4 is 15.6 Å². The van der Waals surface area contributed by atoms with Gasteiger partial charge in [0.1, 0.15) is 0 Å². The summed E-state index contributed by atoms with van der Waals surface area (Å²) in [4.78, 5) is 25.2. The number of hydrogen-bond acceptors (Lipinski definition) is 6. The van der Waals surface area contributed by atoms with Crippen LogP contribution in [0.15, 0.2) is 0 Å². The Kier molecular flexibility index (Phi) is 6.12. The van der Waals surface area contributed by atoms with Gasteiger partial charge in [0.2, 0.25) is 0 Å². The van der Waals surface area contributed by atoms with Crippen molar-refractivity contribution < 1.29 is 37.8 Å². The van der Waals surface area contributed by atoms with Crippen LogP contribution in [0, 0.1) is 0 Å². The standard InChI is InChI=1S/C4H13NO8P2/c5-3-1-2-4(6)12-15(10,11)13-14(7,8)9/h4,6H,1-3,5H2,(H,10,11)(H2,7,8,9). The van der Waals surface area contributed by atoms with Crippen molar-refractivity contribution in [2.75, 3.05) is 6.54 Å². The molecule has 0 radical (unpaired) electrons. The highest BCUT2D eigenvalue weighted by Gasteiger charge is 2.34. The Morgan fingerprint density at radius 1 is 1.27 bits per heavy atom. The van der Waals surface area contributed by atoms with Gasteiger partial charge in [0, 0.05) is 0 Å². The summed E-state index contributed by atoms with van der Waals surface area (Å²) in [6.45, 7) is 0.232. The van der Waals surface area contributed by atoms with Crippen molar-refractivity contribution in [2.45, 2.75) is 19.1 Å². The van der Waals surface area contributed by atoms with E-state index < -0.39 is 21.9 Å². The molecule has 15 heavy (non-hydrogen) atoms. The van der Waals surface area contributed by atoms with E-state index in [0.717, 1.165) is 0 Å². The Bertz CT molecular complexity index is 276. The SMILES string of the molecule is NCCCC(O)OP(=O)(O)OP(=O)(O)O. The van der Waals surface area contributed by atoms with Gasteiger partial charge in [-0.2, -0.15) is 4.31 Å². The molecule has 0 aliphatic carbocycles. The first-order chi connectivity index (χ1) is 6.66. The molecule has 2 atom stereocenters. The van der Waals surface area contributed by atoms with Crippen molar-refractivity contribution in [3.63, 3.8) is 0 Å². The fraction of sp³-hybridized carbons (Fsp3) is 1.00. The molecule has 0 aromatic heterocycles. The van der Waals surface area contributed by atoms with Gasteiger partial charge in [0.15, 0.2) is 6.29 Å². The van der Waals surface area contributed by atoms with Gasteiger partial charge >= 0.3 is 15.6 Å². The van der Waals surface area contributed by atoms with Gasteiger partial charge in [-0.15, -0.1) is 0 Å². The average Bonchev–Trinajstić information content (AvgIpc) is 1.94. The minimum Gasteiger partial charge on any atom is -0.367 e. The van der Waals surface area contributed by atoms with E-state index in [1.54, 1.807) is 0 Å². The van der Waals surface area contributed by atoms with Crippen LogP contribution >= 0.6 is 15.6 Å². The van der Waals surface area contributed by atoms with E-state index in [1.165, 1.54) is 0 Å². The highest BCUT2D eigenvalue weighted by molar-refractivity contribution is 7.60. The van der Waals surface area contributed by atoms with Crippen LogP contribution in [0.3, 0.4) is 0 Å². The number of aliphatic hydroxyl groups is 1. The summed E-state index contributed by atoms with van der Waals surface area (Å²) < 4.78 is 28.5. The molecule has 0 spiro atoms. The molecule has 0 aliphatic heterocycles. The van der Waals surface area contributed by atoms with Gasteiger partial charge in [-0.1, -0.05) is 0 Å². The molecule has 0 aromatic rings. The average molecular weight is 265 g/mol. The molecule has 0 bridgehead atoms. The minimum absolute atomic E-state index is 0.0500. The van der Waals surface area contributed by atoms with Gasteiger partial charge in [-0.3, -0.25) is 4.52 Å². The van der Waals surface area contributed by atoms with E-state index in [0.29, 0.717) is 6.42 Å². The van der Waals surface area contributed by atoms with Crippen molar-refractivity contribution in [3.05, 3.63) is 0 Å². The van der Waals surface area contributed by atoms with E-state index in [1.807, 2.05) is 0 Å². The Morgan fingerprint density at radius 2 is 1.80 bits per heavy atom. The lowest BCUT2D eigenvalue weighted by atomic mass is 10.3. The van der Waals surface area contributed by atoms with Crippen molar-refractivity contribution in [3.8, 4) is 0 Å². The summed E-state index contributed by atoms with van der Waals surface area (Å²) >= 11 is 0. The number of phosphoric acid groups is 2. The van der Waals surface area contributed by atoms with Crippen LogP contribution in [0.1, 0.15) is 12.8 Å². The molecule has 0 aliphatic rings. The summed E-state index contributed by atoms with van der Waals surface area (Å²) in [6, 6.07) is 0. The quantitative estimate of drug-likeness (QED) is 0.295. The van der Waals surface area contributed by atoms with Crippen molar-refractivity contribution in [1.82, 2.24) is 0 Å². The van der Waals surface area contributed by atoms with Crippen LogP contribution in [0.5, 0.6) is 0 Å². The van der Waals surface area contributed by atoms with Gasteiger partial charge in [-0.05, 0) is 19.4 Å². The van der Waals surface area contributed by atoms with Gasteiger partial charge in [-0.25, -0.2) is 9.13 Å². The maximum Gasteiger partial charge on any atom is 0.483 e. The summed E-state index contributed by atoms with van der Waals surface area (Å²) in [6.07, 6.45) is -1.40. The molecular weight excluding hydrogens is 252 g/mol. The first-order valence-electron chi connectivity index (χ1n) is 3.82. The highest BCUT2D eigenvalue weighted by atomic mass is 31.3.